The minimum atomic E-state index is -3.68. The molecule has 1 atom stereocenters. The molecule has 0 N–H and O–H groups in total. The van der Waals surface area contributed by atoms with E-state index in [0.29, 0.717) is 30.2 Å². The molecule has 7 nitrogen and oxygen atoms in total. The lowest BCUT2D eigenvalue weighted by atomic mass is 10.1. The number of aromatic nitrogens is 3. The van der Waals surface area contributed by atoms with Crippen LogP contribution in [0.25, 0.3) is 10.6 Å². The maximum atomic E-state index is 13.5. The predicted molar refractivity (Wildman–Crippen MR) is 108 cm³/mol. The summed E-state index contributed by atoms with van der Waals surface area (Å²) in [5, 5.41) is 10.5. The Morgan fingerprint density at radius 1 is 1.32 bits per heavy atom. The zero-order chi connectivity index (χ0) is 19.7. The van der Waals surface area contributed by atoms with Crippen LogP contribution in [0.1, 0.15) is 50.0 Å². The van der Waals surface area contributed by atoms with E-state index >= 15 is 0 Å². The van der Waals surface area contributed by atoms with E-state index in [9.17, 15) is 8.42 Å². The first-order valence-electron chi connectivity index (χ1n) is 9.57. The lowest BCUT2D eigenvalue weighted by molar-refractivity contribution is 0.308. The second-order valence-electron chi connectivity index (χ2n) is 6.98. The molecule has 3 aromatic rings. The van der Waals surface area contributed by atoms with Crippen LogP contribution in [0.4, 0.5) is 0 Å². The number of hydrogen-bond acceptors (Lipinski definition) is 6. The van der Waals surface area contributed by atoms with Gasteiger partial charge in [-0.1, -0.05) is 24.1 Å². The number of thiophene rings is 1. The van der Waals surface area contributed by atoms with Crippen molar-refractivity contribution in [2.24, 2.45) is 0 Å². The minimum absolute atomic E-state index is 0.281. The Hall–Kier alpha value is -1.97. The Bertz CT molecular complexity index is 1040. The summed E-state index contributed by atoms with van der Waals surface area (Å²) in [6.45, 7) is 4.87. The molecule has 9 heteroatoms. The molecular formula is C19H24N4O3S2. The van der Waals surface area contributed by atoms with E-state index in [1.807, 2.05) is 30.5 Å². The molecule has 0 aromatic carbocycles. The van der Waals surface area contributed by atoms with Crippen molar-refractivity contribution >= 4 is 21.4 Å². The van der Waals surface area contributed by atoms with Gasteiger partial charge in [-0.2, -0.15) is 9.40 Å². The van der Waals surface area contributed by atoms with Crippen molar-refractivity contribution in [1.29, 1.82) is 0 Å². The van der Waals surface area contributed by atoms with E-state index in [1.54, 1.807) is 27.2 Å². The number of hydrogen-bond donors (Lipinski definition) is 0. The monoisotopic (exact) mass is 420 g/mol. The quantitative estimate of drug-likeness (QED) is 0.617. The van der Waals surface area contributed by atoms with E-state index in [2.05, 4.69) is 10.3 Å². The third-order valence-corrected chi connectivity index (χ3v) is 8.18. The van der Waals surface area contributed by atoms with Crippen molar-refractivity contribution in [2.45, 2.75) is 57.0 Å². The molecule has 3 aromatic heterocycles. The first-order chi connectivity index (χ1) is 13.5. The van der Waals surface area contributed by atoms with E-state index in [1.165, 1.54) is 6.20 Å². The summed E-state index contributed by atoms with van der Waals surface area (Å²) in [5.41, 5.74) is 1.35. The molecule has 0 spiro atoms. The molecule has 28 heavy (non-hydrogen) atoms. The molecule has 0 amide bonds. The van der Waals surface area contributed by atoms with Crippen molar-refractivity contribution in [2.75, 3.05) is 6.54 Å². The van der Waals surface area contributed by atoms with E-state index < -0.39 is 10.0 Å². The Kier molecular flexibility index (Phi) is 5.39. The third-order valence-electron chi connectivity index (χ3n) is 5.28. The van der Waals surface area contributed by atoms with E-state index in [0.717, 1.165) is 30.6 Å². The Labute approximate surface area is 169 Å². The highest BCUT2D eigenvalue weighted by atomic mass is 32.2. The van der Waals surface area contributed by atoms with Crippen LogP contribution in [-0.4, -0.2) is 34.2 Å². The fourth-order valence-electron chi connectivity index (χ4n) is 3.77. The Morgan fingerprint density at radius 2 is 2.18 bits per heavy atom. The molecule has 0 saturated carbocycles. The van der Waals surface area contributed by atoms with Crippen LogP contribution in [0.5, 0.6) is 0 Å². The summed E-state index contributed by atoms with van der Waals surface area (Å²) in [6, 6.07) is 5.49. The summed E-state index contributed by atoms with van der Waals surface area (Å²) in [7, 11) is -3.68. The first-order valence-corrected chi connectivity index (χ1v) is 11.9. The van der Waals surface area contributed by atoms with Gasteiger partial charge in [0, 0.05) is 19.2 Å². The van der Waals surface area contributed by atoms with Gasteiger partial charge < -0.3 is 4.52 Å². The van der Waals surface area contributed by atoms with E-state index in [-0.39, 0.29) is 10.9 Å². The summed E-state index contributed by atoms with van der Waals surface area (Å²) >= 11 is 1.57. The van der Waals surface area contributed by atoms with Crippen molar-refractivity contribution in [3.05, 3.63) is 41.2 Å². The molecule has 0 aliphatic carbocycles. The standard InChI is InChI=1S/C19H24N4O3S2/c1-3-22-14(2)19(13-20-22)28(24,25)23-10-6-4-5-8-16(23)15-12-17(26-21-15)18-9-7-11-27-18/h7,9,11-13,16H,3-6,8,10H2,1-2H3. The van der Waals surface area contributed by atoms with Gasteiger partial charge in [0.1, 0.15) is 10.6 Å². The number of rotatable bonds is 5. The fourth-order valence-corrected chi connectivity index (χ4v) is 6.28. The number of aryl methyl sites for hydroxylation is 1. The highest BCUT2D eigenvalue weighted by Crippen LogP contribution is 2.37. The Balaban J connectivity index is 1.72. The zero-order valence-electron chi connectivity index (χ0n) is 16.0. The second-order valence-corrected chi connectivity index (χ2v) is 9.79. The lowest BCUT2D eigenvalue weighted by Gasteiger charge is -2.27. The van der Waals surface area contributed by atoms with Gasteiger partial charge in [-0.05, 0) is 38.1 Å². The average molecular weight is 421 g/mol. The largest absolute Gasteiger partial charge is 0.355 e. The fraction of sp³-hybridized carbons (Fsp3) is 0.474. The van der Waals surface area contributed by atoms with Crippen molar-refractivity contribution < 1.29 is 12.9 Å². The second kappa shape index (κ2) is 7.81. The van der Waals surface area contributed by atoms with Crippen LogP contribution < -0.4 is 0 Å². The molecule has 0 radical (unpaired) electrons. The molecule has 1 aliphatic rings. The van der Waals surface area contributed by atoms with Crippen LogP contribution in [-0.2, 0) is 16.6 Å². The minimum Gasteiger partial charge on any atom is -0.355 e. The highest BCUT2D eigenvalue weighted by Gasteiger charge is 2.37. The molecule has 1 aliphatic heterocycles. The summed E-state index contributed by atoms with van der Waals surface area (Å²) < 4.78 is 35.9. The number of nitrogens with zero attached hydrogens (tertiary/aromatic N) is 4. The van der Waals surface area contributed by atoms with Crippen LogP contribution >= 0.6 is 11.3 Å². The highest BCUT2D eigenvalue weighted by molar-refractivity contribution is 7.89. The van der Waals surface area contributed by atoms with Gasteiger partial charge >= 0.3 is 0 Å². The number of sulfonamides is 1. The van der Waals surface area contributed by atoms with Gasteiger partial charge in [0.15, 0.2) is 5.76 Å². The first kappa shape index (κ1) is 19.4. The van der Waals surface area contributed by atoms with E-state index in [4.69, 9.17) is 4.52 Å². The van der Waals surface area contributed by atoms with Gasteiger partial charge in [0.2, 0.25) is 10.0 Å². The van der Waals surface area contributed by atoms with Crippen molar-refractivity contribution in [3.63, 3.8) is 0 Å². The molecular weight excluding hydrogens is 396 g/mol. The molecule has 0 bridgehead atoms. The van der Waals surface area contributed by atoms with Crippen LogP contribution in [0.15, 0.2) is 39.2 Å². The zero-order valence-corrected chi connectivity index (χ0v) is 17.7. The molecule has 4 rings (SSSR count). The summed E-state index contributed by atoms with van der Waals surface area (Å²) in [6.07, 6.45) is 5.01. The van der Waals surface area contributed by atoms with Gasteiger partial charge in [-0.25, -0.2) is 8.42 Å². The maximum Gasteiger partial charge on any atom is 0.247 e. The molecule has 1 unspecified atom stereocenters. The topological polar surface area (TPSA) is 81.2 Å². The smallest absolute Gasteiger partial charge is 0.247 e. The predicted octanol–water partition coefficient (Wildman–Crippen LogP) is 4.23. The molecule has 4 heterocycles. The van der Waals surface area contributed by atoms with Gasteiger partial charge in [-0.3, -0.25) is 4.68 Å². The molecule has 1 saturated heterocycles. The third kappa shape index (κ3) is 3.42. The molecule has 1 fully saturated rings. The van der Waals surface area contributed by atoms with Crippen LogP contribution in [0, 0.1) is 6.92 Å². The SMILES string of the molecule is CCn1ncc(S(=O)(=O)N2CCCCCC2c2cc(-c3cccs3)on2)c1C. The summed E-state index contributed by atoms with van der Waals surface area (Å²) in [4.78, 5) is 1.27. The van der Waals surface area contributed by atoms with Gasteiger partial charge in [0.05, 0.1) is 22.8 Å². The molecule has 150 valence electrons. The van der Waals surface area contributed by atoms with Crippen LogP contribution in [0.2, 0.25) is 0 Å². The van der Waals surface area contributed by atoms with Gasteiger partial charge in [0.25, 0.3) is 0 Å². The van der Waals surface area contributed by atoms with Crippen molar-refractivity contribution in [1.82, 2.24) is 19.2 Å². The summed E-state index contributed by atoms with van der Waals surface area (Å²) in [5.74, 6) is 0.682. The maximum absolute atomic E-state index is 13.5. The average Bonchev–Trinajstić information content (AvgIpc) is 3.39. The Morgan fingerprint density at radius 3 is 2.89 bits per heavy atom. The van der Waals surface area contributed by atoms with Gasteiger partial charge in [-0.15, -0.1) is 11.3 Å². The normalized spacial score (nSPS) is 19.0. The lowest BCUT2D eigenvalue weighted by Crippen LogP contribution is -2.35. The van der Waals surface area contributed by atoms with Crippen LogP contribution in [0.3, 0.4) is 0 Å². The van der Waals surface area contributed by atoms with Crippen molar-refractivity contribution in [3.8, 4) is 10.6 Å².